The first-order chi connectivity index (χ1) is 7.06. The summed E-state index contributed by atoms with van der Waals surface area (Å²) in [4.78, 5) is 11.9. The number of rotatable bonds is 4. The SMILES string of the molecule is CC(C)(C)CC(=O)NC(CCBr)C(C)(C)C. The molecule has 96 valence electrons. The molecule has 0 bridgehead atoms. The minimum Gasteiger partial charge on any atom is -0.353 e. The third-order valence-corrected chi connectivity index (χ3v) is 2.93. The zero-order valence-corrected chi connectivity index (χ0v) is 13.1. The summed E-state index contributed by atoms with van der Waals surface area (Å²) in [6, 6.07) is 0.238. The van der Waals surface area contributed by atoms with Crippen LogP contribution >= 0.6 is 15.9 Å². The van der Waals surface area contributed by atoms with Crippen molar-refractivity contribution in [3.05, 3.63) is 0 Å². The van der Waals surface area contributed by atoms with Crippen LogP contribution in [0.5, 0.6) is 0 Å². The molecule has 0 heterocycles. The van der Waals surface area contributed by atoms with Crippen LogP contribution in [0.2, 0.25) is 0 Å². The molecule has 3 heteroatoms. The van der Waals surface area contributed by atoms with E-state index in [0.29, 0.717) is 6.42 Å². The van der Waals surface area contributed by atoms with Crippen LogP contribution in [0.1, 0.15) is 54.4 Å². The molecule has 0 aromatic carbocycles. The van der Waals surface area contributed by atoms with Crippen LogP contribution in [0, 0.1) is 10.8 Å². The second-order valence-corrected chi connectivity index (χ2v) is 7.49. The summed E-state index contributed by atoms with van der Waals surface area (Å²) in [6.45, 7) is 12.8. The molecule has 0 aromatic rings. The number of alkyl halides is 1. The van der Waals surface area contributed by atoms with Gasteiger partial charge in [0.2, 0.25) is 5.91 Å². The van der Waals surface area contributed by atoms with Crippen molar-refractivity contribution in [1.82, 2.24) is 5.32 Å². The predicted octanol–water partition coefficient (Wildman–Crippen LogP) is 3.74. The van der Waals surface area contributed by atoms with Crippen LogP contribution in [0.4, 0.5) is 0 Å². The van der Waals surface area contributed by atoms with Gasteiger partial charge in [0.05, 0.1) is 0 Å². The molecule has 0 aliphatic rings. The molecule has 0 spiro atoms. The number of carbonyl (C=O) groups is 1. The Kier molecular flexibility index (Phi) is 6.02. The molecule has 0 aliphatic carbocycles. The quantitative estimate of drug-likeness (QED) is 0.786. The van der Waals surface area contributed by atoms with Crippen molar-refractivity contribution in [2.75, 3.05) is 5.33 Å². The van der Waals surface area contributed by atoms with Gasteiger partial charge in [0, 0.05) is 17.8 Å². The third kappa shape index (κ3) is 7.26. The van der Waals surface area contributed by atoms with E-state index in [9.17, 15) is 4.79 Å². The van der Waals surface area contributed by atoms with Gasteiger partial charge in [-0.3, -0.25) is 4.79 Å². The largest absolute Gasteiger partial charge is 0.353 e. The Balaban J connectivity index is 4.36. The van der Waals surface area contributed by atoms with Crippen LogP contribution in [-0.2, 0) is 4.79 Å². The Morgan fingerprint density at radius 1 is 1.19 bits per heavy atom. The van der Waals surface area contributed by atoms with Gasteiger partial charge in [0.1, 0.15) is 0 Å². The highest BCUT2D eigenvalue weighted by atomic mass is 79.9. The summed E-state index contributed by atoms with van der Waals surface area (Å²) < 4.78 is 0. The van der Waals surface area contributed by atoms with Crippen molar-refractivity contribution in [1.29, 1.82) is 0 Å². The molecular formula is C13H26BrNO. The normalized spacial score (nSPS) is 14.7. The first-order valence-corrected chi connectivity index (χ1v) is 7.04. The predicted molar refractivity (Wildman–Crippen MR) is 73.9 cm³/mol. The average molecular weight is 292 g/mol. The Labute approximate surface area is 109 Å². The van der Waals surface area contributed by atoms with Crippen molar-refractivity contribution >= 4 is 21.8 Å². The summed E-state index contributed by atoms with van der Waals surface area (Å²) in [6.07, 6.45) is 1.56. The van der Waals surface area contributed by atoms with Crippen molar-refractivity contribution in [3.63, 3.8) is 0 Å². The van der Waals surface area contributed by atoms with Gasteiger partial charge < -0.3 is 5.32 Å². The minimum absolute atomic E-state index is 0.0565. The van der Waals surface area contributed by atoms with Crippen LogP contribution in [0.15, 0.2) is 0 Å². The number of hydrogen-bond acceptors (Lipinski definition) is 1. The molecular weight excluding hydrogens is 266 g/mol. The highest BCUT2D eigenvalue weighted by molar-refractivity contribution is 9.09. The third-order valence-electron chi connectivity index (χ3n) is 2.47. The summed E-state index contributed by atoms with van der Waals surface area (Å²) in [5.41, 5.74) is 0.169. The highest BCUT2D eigenvalue weighted by Crippen LogP contribution is 2.24. The smallest absolute Gasteiger partial charge is 0.220 e. The maximum Gasteiger partial charge on any atom is 0.220 e. The fourth-order valence-electron chi connectivity index (χ4n) is 1.56. The lowest BCUT2D eigenvalue weighted by Gasteiger charge is -2.32. The summed E-state index contributed by atoms with van der Waals surface area (Å²) in [5, 5.41) is 4.07. The van der Waals surface area contributed by atoms with E-state index >= 15 is 0 Å². The lowest BCUT2D eigenvalue weighted by Crippen LogP contribution is -2.44. The molecule has 0 saturated carbocycles. The Morgan fingerprint density at radius 3 is 2.00 bits per heavy atom. The van der Waals surface area contributed by atoms with Gasteiger partial charge >= 0.3 is 0 Å². The van der Waals surface area contributed by atoms with E-state index in [-0.39, 0.29) is 22.8 Å². The van der Waals surface area contributed by atoms with E-state index < -0.39 is 0 Å². The van der Waals surface area contributed by atoms with Gasteiger partial charge in [0.15, 0.2) is 0 Å². The zero-order valence-electron chi connectivity index (χ0n) is 11.5. The number of amides is 1. The molecule has 1 atom stereocenters. The van der Waals surface area contributed by atoms with Crippen molar-refractivity contribution in [2.24, 2.45) is 10.8 Å². The van der Waals surface area contributed by atoms with Gasteiger partial charge in [-0.15, -0.1) is 0 Å². The van der Waals surface area contributed by atoms with Gasteiger partial charge in [-0.2, -0.15) is 0 Å². The second kappa shape index (κ2) is 6.04. The molecule has 16 heavy (non-hydrogen) atoms. The van der Waals surface area contributed by atoms with E-state index in [1.165, 1.54) is 0 Å². The number of halogens is 1. The molecule has 0 saturated heterocycles. The monoisotopic (exact) mass is 291 g/mol. The molecule has 0 aliphatic heterocycles. The van der Waals surface area contributed by atoms with Gasteiger partial charge in [-0.05, 0) is 17.3 Å². The van der Waals surface area contributed by atoms with Crippen LogP contribution in [0.3, 0.4) is 0 Å². The molecule has 0 rings (SSSR count). The Morgan fingerprint density at radius 2 is 1.69 bits per heavy atom. The van der Waals surface area contributed by atoms with Gasteiger partial charge in [-0.25, -0.2) is 0 Å². The second-order valence-electron chi connectivity index (χ2n) is 6.70. The van der Waals surface area contributed by atoms with Crippen molar-refractivity contribution in [2.45, 2.75) is 60.4 Å². The first-order valence-electron chi connectivity index (χ1n) is 5.91. The molecule has 2 nitrogen and oxygen atoms in total. The fourth-order valence-corrected chi connectivity index (χ4v) is 2.02. The lowest BCUT2D eigenvalue weighted by atomic mass is 9.84. The summed E-state index contributed by atoms with van der Waals surface area (Å²) >= 11 is 3.44. The van der Waals surface area contributed by atoms with E-state index in [4.69, 9.17) is 0 Å². The minimum atomic E-state index is 0.0565. The van der Waals surface area contributed by atoms with Crippen LogP contribution in [0.25, 0.3) is 0 Å². The molecule has 0 aromatic heterocycles. The molecule has 1 unspecified atom stereocenters. The first kappa shape index (κ1) is 16.0. The lowest BCUT2D eigenvalue weighted by molar-refractivity contribution is -0.124. The number of nitrogens with one attached hydrogen (secondary N) is 1. The standard InChI is InChI=1S/C13H26BrNO/c1-12(2,3)9-11(16)15-10(7-8-14)13(4,5)6/h10H,7-9H2,1-6H3,(H,15,16). The van der Waals surface area contributed by atoms with Crippen molar-refractivity contribution < 1.29 is 4.79 Å². The Hall–Kier alpha value is -0.0500. The molecule has 0 fully saturated rings. The highest BCUT2D eigenvalue weighted by Gasteiger charge is 2.26. The van der Waals surface area contributed by atoms with Gasteiger partial charge in [-0.1, -0.05) is 57.5 Å². The topological polar surface area (TPSA) is 29.1 Å². The fraction of sp³-hybridized carbons (Fsp3) is 0.923. The van der Waals surface area contributed by atoms with Crippen molar-refractivity contribution in [3.8, 4) is 0 Å². The maximum absolute atomic E-state index is 11.9. The molecule has 0 radical (unpaired) electrons. The van der Waals surface area contributed by atoms with E-state index in [1.807, 2.05) is 0 Å². The van der Waals surface area contributed by atoms with Gasteiger partial charge in [0.25, 0.3) is 0 Å². The molecule has 1 amide bonds. The van der Waals surface area contributed by atoms with E-state index in [2.05, 4.69) is 62.8 Å². The maximum atomic E-state index is 11.9. The number of carbonyl (C=O) groups excluding carboxylic acids is 1. The Bertz CT molecular complexity index is 225. The summed E-state index contributed by atoms with van der Waals surface area (Å²) in [7, 11) is 0. The van der Waals surface area contributed by atoms with E-state index in [0.717, 1.165) is 11.8 Å². The average Bonchev–Trinajstić information content (AvgIpc) is 1.97. The van der Waals surface area contributed by atoms with Crippen LogP contribution < -0.4 is 5.32 Å². The number of hydrogen-bond donors (Lipinski definition) is 1. The summed E-state index contributed by atoms with van der Waals surface area (Å²) in [5.74, 6) is 0.161. The van der Waals surface area contributed by atoms with Crippen LogP contribution in [-0.4, -0.2) is 17.3 Å². The molecule has 1 N–H and O–H groups in total. The van der Waals surface area contributed by atoms with E-state index in [1.54, 1.807) is 0 Å². The zero-order chi connectivity index (χ0) is 13.0.